The molecule has 0 aromatic carbocycles. The highest BCUT2D eigenvalue weighted by atomic mass is 15.1. The quantitative estimate of drug-likeness (QED) is 0.460. The van der Waals surface area contributed by atoms with E-state index in [1.807, 2.05) is 0 Å². The minimum absolute atomic E-state index is 0.837. The molecule has 8 heavy (non-hydrogen) atoms. The summed E-state index contributed by atoms with van der Waals surface area (Å²) in [6, 6.07) is 0.837. The van der Waals surface area contributed by atoms with Crippen molar-refractivity contribution in [2.45, 2.75) is 32.2 Å². The highest BCUT2D eigenvalue weighted by molar-refractivity contribution is 4.68. The molecule has 1 saturated heterocycles. The first kappa shape index (κ1) is 6.09. The van der Waals surface area contributed by atoms with Crippen LogP contribution in [0.25, 0.3) is 0 Å². The lowest BCUT2D eigenvalue weighted by atomic mass is 10.1. The van der Waals surface area contributed by atoms with Crippen molar-refractivity contribution in [2.24, 2.45) is 0 Å². The Morgan fingerprint density at radius 3 is 2.50 bits per heavy atom. The summed E-state index contributed by atoms with van der Waals surface area (Å²) < 4.78 is 0. The molecule has 0 aliphatic carbocycles. The van der Waals surface area contributed by atoms with Crippen LogP contribution in [-0.2, 0) is 0 Å². The maximum absolute atomic E-state index is 2.43. The molecule has 1 atom stereocenters. The van der Waals surface area contributed by atoms with Crippen LogP contribution in [-0.4, -0.2) is 24.5 Å². The molecule has 1 unspecified atom stereocenters. The van der Waals surface area contributed by atoms with Crippen LogP contribution in [0.15, 0.2) is 0 Å². The van der Waals surface area contributed by atoms with Gasteiger partial charge in [-0.15, -0.1) is 0 Å². The van der Waals surface area contributed by atoms with Gasteiger partial charge in [-0.1, -0.05) is 6.42 Å². The zero-order chi connectivity index (χ0) is 5.98. The smallest absolute Gasteiger partial charge is 0.00638 e. The second-order valence-electron chi connectivity index (χ2n) is 2.83. The third-order valence-corrected chi connectivity index (χ3v) is 2.14. The van der Waals surface area contributed by atoms with Crippen LogP contribution in [0, 0.1) is 0 Å². The number of rotatable bonds is 0. The number of likely N-dealkylation sites (tertiary alicyclic amines) is 1. The maximum Gasteiger partial charge on any atom is 0.00638 e. The second kappa shape index (κ2) is 2.49. The van der Waals surface area contributed by atoms with E-state index in [1.165, 1.54) is 25.8 Å². The maximum atomic E-state index is 2.43. The molecule has 1 aliphatic heterocycles. The summed E-state index contributed by atoms with van der Waals surface area (Å²) in [6.45, 7) is 3.61. The van der Waals surface area contributed by atoms with Gasteiger partial charge in [0.25, 0.3) is 0 Å². The fourth-order valence-corrected chi connectivity index (χ4v) is 1.24. The molecular weight excluding hydrogens is 98.1 g/mol. The van der Waals surface area contributed by atoms with Crippen LogP contribution in [0.4, 0.5) is 0 Å². The lowest BCUT2D eigenvalue weighted by Crippen LogP contribution is -2.33. The molecule has 1 rings (SSSR count). The van der Waals surface area contributed by atoms with Crippen molar-refractivity contribution in [3.05, 3.63) is 0 Å². The molecular formula is C7H15N. The zero-order valence-corrected chi connectivity index (χ0v) is 5.85. The third-order valence-electron chi connectivity index (χ3n) is 2.14. The van der Waals surface area contributed by atoms with Crippen molar-refractivity contribution < 1.29 is 0 Å². The lowest BCUT2D eigenvalue weighted by Gasteiger charge is -2.29. The monoisotopic (exact) mass is 113 g/mol. The SMILES string of the molecule is CC1CCCCN1C. The first-order valence-corrected chi connectivity index (χ1v) is 3.51. The van der Waals surface area contributed by atoms with Crippen LogP contribution in [0.3, 0.4) is 0 Å². The Hall–Kier alpha value is -0.0400. The van der Waals surface area contributed by atoms with Crippen molar-refractivity contribution >= 4 is 0 Å². The van der Waals surface area contributed by atoms with Crippen molar-refractivity contribution in [3.63, 3.8) is 0 Å². The van der Waals surface area contributed by atoms with Crippen LogP contribution >= 0.6 is 0 Å². The molecule has 0 aromatic rings. The molecule has 1 heteroatoms. The predicted octanol–water partition coefficient (Wildman–Crippen LogP) is 1.49. The lowest BCUT2D eigenvalue weighted by molar-refractivity contribution is 0.200. The number of hydrogen-bond acceptors (Lipinski definition) is 1. The van der Waals surface area contributed by atoms with Gasteiger partial charge in [0.1, 0.15) is 0 Å². The summed E-state index contributed by atoms with van der Waals surface area (Å²) in [4.78, 5) is 2.43. The van der Waals surface area contributed by atoms with E-state index in [4.69, 9.17) is 0 Å². The summed E-state index contributed by atoms with van der Waals surface area (Å²) in [5.41, 5.74) is 0. The van der Waals surface area contributed by atoms with Gasteiger partial charge in [0.2, 0.25) is 0 Å². The van der Waals surface area contributed by atoms with Crippen LogP contribution in [0.5, 0.6) is 0 Å². The molecule has 1 nitrogen and oxygen atoms in total. The van der Waals surface area contributed by atoms with Crippen molar-refractivity contribution in [1.82, 2.24) is 4.90 Å². The van der Waals surface area contributed by atoms with E-state index in [0.717, 1.165) is 6.04 Å². The van der Waals surface area contributed by atoms with Crippen molar-refractivity contribution in [3.8, 4) is 0 Å². The first-order valence-electron chi connectivity index (χ1n) is 3.51. The molecule has 0 radical (unpaired) electrons. The molecule has 0 spiro atoms. The van der Waals surface area contributed by atoms with Crippen molar-refractivity contribution in [2.75, 3.05) is 13.6 Å². The van der Waals surface area contributed by atoms with Gasteiger partial charge in [-0.3, -0.25) is 0 Å². The van der Waals surface area contributed by atoms with E-state index in [-0.39, 0.29) is 0 Å². The van der Waals surface area contributed by atoms with Gasteiger partial charge in [-0.25, -0.2) is 0 Å². The number of piperidine rings is 1. The van der Waals surface area contributed by atoms with Crippen LogP contribution in [0.1, 0.15) is 26.2 Å². The minimum atomic E-state index is 0.837. The van der Waals surface area contributed by atoms with Gasteiger partial charge in [-0.05, 0) is 33.4 Å². The van der Waals surface area contributed by atoms with Gasteiger partial charge in [0, 0.05) is 6.04 Å². The largest absolute Gasteiger partial charge is 0.304 e. The molecule has 0 amide bonds. The molecule has 0 saturated carbocycles. The Balaban J connectivity index is 2.28. The van der Waals surface area contributed by atoms with Gasteiger partial charge >= 0.3 is 0 Å². The summed E-state index contributed by atoms with van der Waals surface area (Å²) >= 11 is 0. The molecule has 0 N–H and O–H groups in total. The fourth-order valence-electron chi connectivity index (χ4n) is 1.24. The predicted molar refractivity (Wildman–Crippen MR) is 35.9 cm³/mol. The highest BCUT2D eigenvalue weighted by Gasteiger charge is 2.12. The summed E-state index contributed by atoms with van der Waals surface area (Å²) in [7, 11) is 2.21. The third kappa shape index (κ3) is 1.22. The van der Waals surface area contributed by atoms with Crippen LogP contribution in [0.2, 0.25) is 0 Å². The minimum Gasteiger partial charge on any atom is -0.304 e. The standard InChI is InChI=1S/C7H15N/c1-7-5-3-4-6-8(7)2/h7H,3-6H2,1-2H3. The van der Waals surface area contributed by atoms with Gasteiger partial charge in [0.15, 0.2) is 0 Å². The Labute approximate surface area is 51.7 Å². The number of hydrogen-bond donors (Lipinski definition) is 0. The Morgan fingerprint density at radius 1 is 1.38 bits per heavy atom. The summed E-state index contributed by atoms with van der Waals surface area (Å²) in [6.07, 6.45) is 4.24. The second-order valence-corrected chi connectivity index (χ2v) is 2.83. The van der Waals surface area contributed by atoms with Crippen LogP contribution < -0.4 is 0 Å². The van der Waals surface area contributed by atoms with E-state index >= 15 is 0 Å². The molecule has 0 aromatic heterocycles. The summed E-state index contributed by atoms with van der Waals surface area (Å²) in [5, 5.41) is 0. The Morgan fingerprint density at radius 2 is 2.12 bits per heavy atom. The van der Waals surface area contributed by atoms with E-state index < -0.39 is 0 Å². The summed E-state index contributed by atoms with van der Waals surface area (Å²) in [5.74, 6) is 0. The normalized spacial score (nSPS) is 33.0. The molecule has 48 valence electrons. The average Bonchev–Trinajstić information content (AvgIpc) is 1.77. The highest BCUT2D eigenvalue weighted by Crippen LogP contribution is 2.13. The number of nitrogens with zero attached hydrogens (tertiary/aromatic N) is 1. The Bertz CT molecular complexity index is 60.8. The topological polar surface area (TPSA) is 3.24 Å². The first-order chi connectivity index (χ1) is 3.80. The van der Waals surface area contributed by atoms with E-state index in [0.29, 0.717) is 0 Å². The van der Waals surface area contributed by atoms with Crippen molar-refractivity contribution in [1.29, 1.82) is 0 Å². The average molecular weight is 113 g/mol. The fraction of sp³-hybridized carbons (Fsp3) is 1.00. The van der Waals surface area contributed by atoms with Gasteiger partial charge < -0.3 is 4.90 Å². The molecule has 1 fully saturated rings. The van der Waals surface area contributed by atoms with Gasteiger partial charge in [0.05, 0.1) is 0 Å². The molecule has 1 heterocycles. The van der Waals surface area contributed by atoms with E-state index in [1.54, 1.807) is 0 Å². The van der Waals surface area contributed by atoms with E-state index in [9.17, 15) is 0 Å². The van der Waals surface area contributed by atoms with E-state index in [2.05, 4.69) is 18.9 Å². The Kier molecular flexibility index (Phi) is 1.90. The zero-order valence-electron chi connectivity index (χ0n) is 5.85. The molecule has 0 bridgehead atoms. The van der Waals surface area contributed by atoms with Gasteiger partial charge in [-0.2, -0.15) is 0 Å². The molecule has 1 aliphatic rings.